The molecule has 7 nitrogen and oxygen atoms in total. The molecule has 0 saturated carbocycles. The van der Waals surface area contributed by atoms with Gasteiger partial charge in [0.15, 0.2) is 11.5 Å². The number of fused-ring (bicyclic) bond motifs is 3. The van der Waals surface area contributed by atoms with Crippen LogP contribution in [-0.4, -0.2) is 77.4 Å². The number of alkyl halides is 1. The fourth-order valence-corrected chi connectivity index (χ4v) is 7.01. The highest BCUT2D eigenvalue weighted by Gasteiger charge is 2.45. The van der Waals surface area contributed by atoms with Crippen LogP contribution in [0.2, 0.25) is 5.02 Å². The quantitative estimate of drug-likeness (QED) is 0.307. The number of rotatable bonds is 7. The molecule has 0 radical (unpaired) electrons. The molecule has 0 aliphatic carbocycles. The second kappa shape index (κ2) is 9.96. The molecule has 214 valence electrons. The molecule has 0 spiro atoms. The average Bonchev–Trinajstić information content (AvgIpc) is 3.53. The first-order valence-corrected chi connectivity index (χ1v) is 14.4. The fourth-order valence-electron chi connectivity index (χ4n) is 6.74. The molecule has 0 bridgehead atoms. The summed E-state index contributed by atoms with van der Waals surface area (Å²) in [4.78, 5) is 17.7. The van der Waals surface area contributed by atoms with Crippen molar-refractivity contribution in [1.82, 2.24) is 25.2 Å². The Bertz CT molecular complexity index is 1660. The zero-order chi connectivity index (χ0) is 28.4. The average molecular weight is 583 g/mol. The van der Waals surface area contributed by atoms with Crippen molar-refractivity contribution in [2.45, 2.75) is 36.9 Å². The highest BCUT2D eigenvalue weighted by Crippen LogP contribution is 2.40. The Morgan fingerprint density at radius 1 is 1.10 bits per heavy atom. The summed E-state index contributed by atoms with van der Waals surface area (Å²) >= 11 is 6.35. The smallest absolute Gasteiger partial charge is 0.319 e. The number of hydrogen-bond acceptors (Lipinski definition) is 7. The second-order valence-corrected chi connectivity index (χ2v) is 12.0. The molecular weight excluding hydrogens is 553 g/mol. The van der Waals surface area contributed by atoms with E-state index in [2.05, 4.69) is 25.2 Å². The number of pyridine rings is 1. The molecule has 41 heavy (non-hydrogen) atoms. The molecular formula is C30H30ClF3N6O. The van der Waals surface area contributed by atoms with Crippen molar-refractivity contribution >= 4 is 39.1 Å². The Morgan fingerprint density at radius 3 is 2.61 bits per heavy atom. The summed E-state index contributed by atoms with van der Waals surface area (Å²) < 4.78 is 52.2. The van der Waals surface area contributed by atoms with Crippen molar-refractivity contribution in [2.75, 3.05) is 51.3 Å². The van der Waals surface area contributed by atoms with Crippen LogP contribution in [0.3, 0.4) is 0 Å². The van der Waals surface area contributed by atoms with E-state index in [1.807, 2.05) is 0 Å². The molecule has 0 amide bonds. The SMILES string of the molecule is CN(CC1(F)CNC1)c1nc(OCC23CCCN2CCC3)nc2c(F)c(-c3cccc4ccc(F)c(Cl)c34)ncc12. The molecule has 2 aromatic heterocycles. The summed E-state index contributed by atoms with van der Waals surface area (Å²) in [5.41, 5.74) is -1.15. The van der Waals surface area contributed by atoms with Crippen LogP contribution < -0.4 is 15.0 Å². The van der Waals surface area contributed by atoms with Gasteiger partial charge >= 0.3 is 6.01 Å². The van der Waals surface area contributed by atoms with Crippen molar-refractivity contribution in [3.8, 4) is 17.3 Å². The number of nitrogens with zero attached hydrogens (tertiary/aromatic N) is 5. The number of nitrogens with one attached hydrogen (secondary N) is 1. The first-order valence-electron chi connectivity index (χ1n) is 14.0. The van der Waals surface area contributed by atoms with Crippen LogP contribution in [0, 0.1) is 11.6 Å². The minimum atomic E-state index is -1.42. The maximum atomic E-state index is 16.5. The van der Waals surface area contributed by atoms with Crippen molar-refractivity contribution in [2.24, 2.45) is 0 Å². The second-order valence-electron chi connectivity index (χ2n) is 11.6. The first-order chi connectivity index (χ1) is 19.8. The van der Waals surface area contributed by atoms with E-state index in [1.165, 1.54) is 12.3 Å². The number of hydrogen-bond donors (Lipinski definition) is 1. The van der Waals surface area contributed by atoms with Gasteiger partial charge in [-0.2, -0.15) is 9.97 Å². The van der Waals surface area contributed by atoms with Crippen molar-refractivity contribution in [3.63, 3.8) is 0 Å². The van der Waals surface area contributed by atoms with Crippen LogP contribution in [-0.2, 0) is 0 Å². The number of anilines is 1. The predicted octanol–water partition coefficient (Wildman–Crippen LogP) is 5.53. The van der Waals surface area contributed by atoms with Gasteiger partial charge in [-0.1, -0.05) is 35.9 Å². The van der Waals surface area contributed by atoms with E-state index in [-0.39, 0.29) is 47.4 Å². The molecule has 3 saturated heterocycles. The maximum absolute atomic E-state index is 16.5. The van der Waals surface area contributed by atoms with Gasteiger partial charge in [-0.3, -0.25) is 9.88 Å². The minimum Gasteiger partial charge on any atom is -0.461 e. The van der Waals surface area contributed by atoms with Gasteiger partial charge in [-0.15, -0.1) is 0 Å². The van der Waals surface area contributed by atoms with E-state index in [4.69, 9.17) is 16.3 Å². The topological polar surface area (TPSA) is 66.4 Å². The standard InChI is InChI=1S/C30H30ClF3N6O/c1-39(16-29(34)14-35-15-29)27-20-13-36-25(19-6-2-5-18-7-8-21(32)23(31)22(18)19)24(33)26(20)37-28(38-27)41-17-30-9-3-11-40(30)12-4-10-30/h2,5-8,13,35H,3-4,9-12,14-17H2,1H3. The van der Waals surface area contributed by atoms with E-state index in [0.29, 0.717) is 34.1 Å². The van der Waals surface area contributed by atoms with E-state index in [9.17, 15) is 4.39 Å². The van der Waals surface area contributed by atoms with E-state index in [1.54, 1.807) is 36.2 Å². The van der Waals surface area contributed by atoms with Gasteiger partial charge in [-0.25, -0.2) is 13.2 Å². The van der Waals surface area contributed by atoms with Crippen LogP contribution in [0.4, 0.5) is 19.0 Å². The van der Waals surface area contributed by atoms with E-state index >= 15 is 8.78 Å². The first kappa shape index (κ1) is 26.7. The van der Waals surface area contributed by atoms with Crippen LogP contribution in [0.5, 0.6) is 6.01 Å². The number of ether oxygens (including phenoxy) is 1. The Labute approximate surface area is 240 Å². The largest absolute Gasteiger partial charge is 0.461 e. The molecule has 1 N–H and O–H groups in total. The lowest BCUT2D eigenvalue weighted by atomic mass is 9.95. The van der Waals surface area contributed by atoms with Gasteiger partial charge in [0.05, 0.1) is 22.5 Å². The van der Waals surface area contributed by atoms with Crippen molar-refractivity contribution in [1.29, 1.82) is 0 Å². The minimum absolute atomic E-state index is 0.00165. The van der Waals surface area contributed by atoms with Gasteiger partial charge in [0.2, 0.25) is 0 Å². The summed E-state index contributed by atoms with van der Waals surface area (Å²) in [6, 6.07) is 8.08. The van der Waals surface area contributed by atoms with E-state index < -0.39 is 17.3 Å². The number of aromatic nitrogens is 3. The van der Waals surface area contributed by atoms with Gasteiger partial charge in [0, 0.05) is 37.3 Å². The molecule has 3 aliphatic heterocycles. The zero-order valence-electron chi connectivity index (χ0n) is 22.7. The van der Waals surface area contributed by atoms with Crippen LogP contribution in [0.1, 0.15) is 25.7 Å². The molecule has 7 rings (SSSR count). The van der Waals surface area contributed by atoms with Crippen LogP contribution in [0.15, 0.2) is 36.5 Å². The third-order valence-corrected chi connectivity index (χ3v) is 9.25. The molecule has 3 fully saturated rings. The number of halogens is 4. The zero-order valence-corrected chi connectivity index (χ0v) is 23.4. The number of benzene rings is 2. The highest BCUT2D eigenvalue weighted by molar-refractivity contribution is 6.36. The summed E-state index contributed by atoms with van der Waals surface area (Å²) in [6.07, 6.45) is 5.77. The van der Waals surface area contributed by atoms with Gasteiger partial charge in [0.25, 0.3) is 0 Å². The fraction of sp³-hybridized carbons (Fsp3) is 0.433. The lowest BCUT2D eigenvalue weighted by molar-refractivity contribution is 0.0987. The summed E-state index contributed by atoms with van der Waals surface area (Å²) in [5, 5.41) is 4.20. The maximum Gasteiger partial charge on any atom is 0.319 e. The third kappa shape index (κ3) is 4.47. The summed E-state index contributed by atoms with van der Waals surface area (Å²) in [7, 11) is 1.72. The lowest BCUT2D eigenvalue weighted by Crippen LogP contribution is -2.61. The molecule has 11 heteroatoms. The monoisotopic (exact) mass is 582 g/mol. The van der Waals surface area contributed by atoms with Crippen LogP contribution in [0.25, 0.3) is 32.9 Å². The normalized spacial score (nSPS) is 19.4. The molecule has 0 atom stereocenters. The van der Waals surface area contributed by atoms with Gasteiger partial charge < -0.3 is 15.0 Å². The predicted molar refractivity (Wildman–Crippen MR) is 153 cm³/mol. The Kier molecular flexibility index (Phi) is 6.48. The van der Waals surface area contributed by atoms with Crippen molar-refractivity contribution < 1.29 is 17.9 Å². The van der Waals surface area contributed by atoms with E-state index in [0.717, 1.165) is 38.8 Å². The molecule has 3 aliphatic rings. The molecule has 0 unspecified atom stereocenters. The molecule has 2 aromatic carbocycles. The molecule has 5 heterocycles. The lowest BCUT2D eigenvalue weighted by Gasteiger charge is -2.38. The van der Waals surface area contributed by atoms with Crippen molar-refractivity contribution in [3.05, 3.63) is 53.2 Å². The summed E-state index contributed by atoms with van der Waals surface area (Å²) in [6.45, 7) is 3.01. The van der Waals surface area contributed by atoms with Crippen LogP contribution >= 0.6 is 11.6 Å². The molecule has 4 aromatic rings. The Hall–Kier alpha value is -3.21. The van der Waals surface area contributed by atoms with Gasteiger partial charge in [-0.05, 0) is 50.2 Å². The summed E-state index contributed by atoms with van der Waals surface area (Å²) in [5.74, 6) is -0.979. The Balaban J connectivity index is 1.34. The Morgan fingerprint density at radius 2 is 1.88 bits per heavy atom. The third-order valence-electron chi connectivity index (χ3n) is 8.88. The highest BCUT2D eigenvalue weighted by atomic mass is 35.5. The van der Waals surface area contributed by atoms with Gasteiger partial charge in [0.1, 0.15) is 29.5 Å².